The van der Waals surface area contributed by atoms with E-state index in [9.17, 15) is 0 Å². The Hall–Kier alpha value is -2.20. The van der Waals surface area contributed by atoms with Gasteiger partial charge in [0.2, 0.25) is 0 Å². The van der Waals surface area contributed by atoms with Gasteiger partial charge in [-0.15, -0.1) is 0 Å². The summed E-state index contributed by atoms with van der Waals surface area (Å²) in [5.41, 5.74) is 4.29. The minimum absolute atomic E-state index is 0.204. The zero-order valence-electron chi connectivity index (χ0n) is 11.6. The molecule has 0 atom stereocenters. The lowest BCUT2D eigenvalue weighted by atomic mass is 10.1. The normalized spacial score (nSPS) is 11.3. The van der Waals surface area contributed by atoms with Crippen molar-refractivity contribution < 1.29 is 4.74 Å². The molecule has 2 heterocycles. The molecule has 3 aromatic rings. The van der Waals surface area contributed by atoms with Crippen LogP contribution in [-0.2, 0) is 11.3 Å². The summed E-state index contributed by atoms with van der Waals surface area (Å²) in [5, 5.41) is 0. The van der Waals surface area contributed by atoms with E-state index in [1.165, 1.54) is 0 Å². The molecule has 1 aromatic carbocycles. The molecule has 0 aliphatic rings. The summed E-state index contributed by atoms with van der Waals surface area (Å²) in [6.45, 7) is 4.55. The SMILES string of the molecule is CC(C)OCc1nc2ccc(-c3ccncc3)cc2[nH]1. The molecule has 2 aromatic heterocycles. The average molecular weight is 267 g/mol. The molecule has 4 heteroatoms. The Labute approximate surface area is 117 Å². The third-order valence-corrected chi connectivity index (χ3v) is 3.10. The summed E-state index contributed by atoms with van der Waals surface area (Å²) in [5.74, 6) is 0.862. The van der Waals surface area contributed by atoms with E-state index in [1.807, 2.05) is 32.0 Å². The molecule has 20 heavy (non-hydrogen) atoms. The van der Waals surface area contributed by atoms with Gasteiger partial charge in [0.15, 0.2) is 0 Å². The Morgan fingerprint density at radius 3 is 2.65 bits per heavy atom. The fraction of sp³-hybridized carbons (Fsp3) is 0.250. The first kappa shape index (κ1) is 12.8. The summed E-state index contributed by atoms with van der Waals surface area (Å²) < 4.78 is 5.57. The van der Waals surface area contributed by atoms with Gasteiger partial charge in [0.05, 0.1) is 17.1 Å². The first-order valence-electron chi connectivity index (χ1n) is 6.73. The molecular formula is C16H17N3O. The van der Waals surface area contributed by atoms with Gasteiger partial charge in [-0.25, -0.2) is 4.98 Å². The van der Waals surface area contributed by atoms with Crippen LogP contribution in [0.15, 0.2) is 42.7 Å². The Morgan fingerprint density at radius 2 is 1.90 bits per heavy atom. The number of H-pyrrole nitrogens is 1. The number of imidazole rings is 1. The maximum atomic E-state index is 5.57. The topological polar surface area (TPSA) is 50.8 Å². The lowest BCUT2D eigenvalue weighted by Gasteiger charge is -2.03. The summed E-state index contributed by atoms with van der Waals surface area (Å²) in [4.78, 5) is 11.9. The van der Waals surface area contributed by atoms with Crippen LogP contribution < -0.4 is 0 Å². The lowest BCUT2D eigenvalue weighted by Crippen LogP contribution is -2.03. The van der Waals surface area contributed by atoms with E-state index < -0.39 is 0 Å². The second kappa shape index (κ2) is 5.43. The number of ether oxygens (including phenoxy) is 1. The van der Waals surface area contributed by atoms with Crippen molar-refractivity contribution in [1.82, 2.24) is 15.0 Å². The van der Waals surface area contributed by atoms with Gasteiger partial charge in [-0.1, -0.05) is 6.07 Å². The molecule has 0 unspecified atom stereocenters. The Balaban J connectivity index is 1.91. The van der Waals surface area contributed by atoms with Gasteiger partial charge in [-0.05, 0) is 49.2 Å². The predicted octanol–water partition coefficient (Wildman–Crippen LogP) is 3.55. The number of hydrogen-bond acceptors (Lipinski definition) is 3. The smallest absolute Gasteiger partial charge is 0.133 e. The number of rotatable bonds is 4. The number of fused-ring (bicyclic) bond motifs is 1. The summed E-state index contributed by atoms with van der Waals surface area (Å²) >= 11 is 0. The van der Waals surface area contributed by atoms with E-state index in [2.05, 4.69) is 27.1 Å². The molecule has 0 aliphatic carbocycles. The number of aromatic nitrogens is 3. The molecule has 0 saturated carbocycles. The number of nitrogens with one attached hydrogen (secondary N) is 1. The van der Waals surface area contributed by atoms with Crippen molar-refractivity contribution in [3.63, 3.8) is 0 Å². The van der Waals surface area contributed by atoms with Crippen LogP contribution in [0.2, 0.25) is 0 Å². The summed E-state index contributed by atoms with van der Waals surface area (Å²) in [6.07, 6.45) is 3.80. The highest BCUT2D eigenvalue weighted by Gasteiger charge is 2.06. The maximum Gasteiger partial charge on any atom is 0.133 e. The zero-order valence-corrected chi connectivity index (χ0v) is 11.6. The van der Waals surface area contributed by atoms with Gasteiger partial charge >= 0.3 is 0 Å². The Bertz CT molecular complexity index is 704. The molecule has 0 saturated heterocycles. The Kier molecular flexibility index (Phi) is 3.48. The van der Waals surface area contributed by atoms with Crippen molar-refractivity contribution in [2.45, 2.75) is 26.6 Å². The first-order chi connectivity index (χ1) is 9.72. The summed E-state index contributed by atoms with van der Waals surface area (Å²) in [6, 6.07) is 10.2. The molecule has 0 bridgehead atoms. The van der Waals surface area contributed by atoms with Crippen molar-refractivity contribution in [3.8, 4) is 11.1 Å². The number of aromatic amines is 1. The highest BCUT2D eigenvalue weighted by molar-refractivity contribution is 5.81. The van der Waals surface area contributed by atoms with Crippen LogP contribution in [0.4, 0.5) is 0 Å². The van der Waals surface area contributed by atoms with Gasteiger partial charge in [0.25, 0.3) is 0 Å². The van der Waals surface area contributed by atoms with E-state index >= 15 is 0 Å². The molecule has 0 spiro atoms. The lowest BCUT2D eigenvalue weighted by molar-refractivity contribution is 0.0618. The minimum atomic E-state index is 0.204. The number of pyridine rings is 1. The van der Waals surface area contributed by atoms with Crippen molar-refractivity contribution in [2.24, 2.45) is 0 Å². The second-order valence-corrected chi connectivity index (χ2v) is 5.01. The van der Waals surface area contributed by atoms with Crippen molar-refractivity contribution in [2.75, 3.05) is 0 Å². The Morgan fingerprint density at radius 1 is 1.10 bits per heavy atom. The van der Waals surface area contributed by atoms with Crippen LogP contribution in [0.25, 0.3) is 22.2 Å². The quantitative estimate of drug-likeness (QED) is 0.786. The van der Waals surface area contributed by atoms with Gasteiger partial charge in [0, 0.05) is 12.4 Å². The molecule has 0 fully saturated rings. The third kappa shape index (κ3) is 2.70. The molecule has 1 N–H and O–H groups in total. The molecule has 3 rings (SSSR count). The van der Waals surface area contributed by atoms with Gasteiger partial charge in [-0.3, -0.25) is 4.98 Å². The fourth-order valence-corrected chi connectivity index (χ4v) is 2.10. The number of nitrogens with zero attached hydrogens (tertiary/aromatic N) is 2. The van der Waals surface area contributed by atoms with Crippen molar-refractivity contribution in [3.05, 3.63) is 48.5 Å². The van der Waals surface area contributed by atoms with Crippen LogP contribution in [0.5, 0.6) is 0 Å². The third-order valence-electron chi connectivity index (χ3n) is 3.10. The van der Waals surface area contributed by atoms with E-state index in [-0.39, 0.29) is 6.10 Å². The van der Waals surface area contributed by atoms with E-state index in [1.54, 1.807) is 12.4 Å². The van der Waals surface area contributed by atoms with E-state index in [4.69, 9.17) is 4.74 Å². The number of hydrogen-bond donors (Lipinski definition) is 1. The van der Waals surface area contributed by atoms with Crippen LogP contribution in [0, 0.1) is 0 Å². The number of benzene rings is 1. The predicted molar refractivity (Wildman–Crippen MR) is 79.2 cm³/mol. The average Bonchev–Trinajstić information content (AvgIpc) is 2.88. The molecule has 0 radical (unpaired) electrons. The van der Waals surface area contributed by atoms with E-state index in [0.29, 0.717) is 6.61 Å². The molecule has 0 aliphatic heterocycles. The highest BCUT2D eigenvalue weighted by atomic mass is 16.5. The molecule has 4 nitrogen and oxygen atoms in total. The van der Waals surface area contributed by atoms with Crippen LogP contribution in [-0.4, -0.2) is 21.1 Å². The maximum absolute atomic E-state index is 5.57. The van der Waals surface area contributed by atoms with Gasteiger partial charge < -0.3 is 9.72 Å². The van der Waals surface area contributed by atoms with Crippen LogP contribution >= 0.6 is 0 Å². The van der Waals surface area contributed by atoms with Crippen LogP contribution in [0.3, 0.4) is 0 Å². The zero-order chi connectivity index (χ0) is 13.9. The fourth-order valence-electron chi connectivity index (χ4n) is 2.10. The molecule has 102 valence electrons. The van der Waals surface area contributed by atoms with Crippen molar-refractivity contribution >= 4 is 11.0 Å². The first-order valence-corrected chi connectivity index (χ1v) is 6.73. The standard InChI is InChI=1S/C16H17N3O/c1-11(2)20-10-16-18-14-4-3-13(9-15(14)19-16)12-5-7-17-8-6-12/h3-9,11H,10H2,1-2H3,(H,18,19). The van der Waals surface area contributed by atoms with Gasteiger partial charge in [-0.2, -0.15) is 0 Å². The van der Waals surface area contributed by atoms with Crippen LogP contribution in [0.1, 0.15) is 19.7 Å². The molecule has 0 amide bonds. The van der Waals surface area contributed by atoms with E-state index in [0.717, 1.165) is 28.0 Å². The van der Waals surface area contributed by atoms with Gasteiger partial charge in [0.1, 0.15) is 12.4 Å². The minimum Gasteiger partial charge on any atom is -0.371 e. The second-order valence-electron chi connectivity index (χ2n) is 5.01. The monoisotopic (exact) mass is 267 g/mol. The summed E-state index contributed by atoms with van der Waals surface area (Å²) in [7, 11) is 0. The largest absolute Gasteiger partial charge is 0.371 e. The molecular weight excluding hydrogens is 250 g/mol. The highest BCUT2D eigenvalue weighted by Crippen LogP contribution is 2.22. The van der Waals surface area contributed by atoms with Crippen molar-refractivity contribution in [1.29, 1.82) is 0 Å².